The van der Waals surface area contributed by atoms with E-state index in [4.69, 9.17) is 22.1 Å². The molecule has 1 aliphatic heterocycles. The monoisotopic (exact) mass is 530 g/mol. The lowest BCUT2D eigenvalue weighted by Gasteiger charge is -2.14. The molecule has 186 valence electrons. The number of hydrogen-bond acceptors (Lipinski definition) is 7. The third kappa shape index (κ3) is 5.11. The van der Waals surface area contributed by atoms with Crippen molar-refractivity contribution in [2.45, 2.75) is 13.3 Å². The van der Waals surface area contributed by atoms with Gasteiger partial charge in [0.15, 0.2) is 5.65 Å². The zero-order chi connectivity index (χ0) is 26.1. The average molecular weight is 531 g/mol. The van der Waals surface area contributed by atoms with Gasteiger partial charge in [-0.3, -0.25) is 9.69 Å². The number of fused-ring (bicyclic) bond motifs is 1. The number of carbonyl (C=O) groups excluding carboxylic acids is 1. The SMILES string of the molecule is COc1ccc(/C=C2\SC(=S)N(CCc3ccc(C(=O)O)cc3)C2=O)cc1-c1ccc2[nH]c(C)nc2n1. The van der Waals surface area contributed by atoms with Crippen molar-refractivity contribution in [3.63, 3.8) is 0 Å². The number of thiocarbonyl (C=S) groups is 1. The maximum absolute atomic E-state index is 13.1. The van der Waals surface area contributed by atoms with Crippen molar-refractivity contribution in [1.82, 2.24) is 19.9 Å². The van der Waals surface area contributed by atoms with Crippen molar-refractivity contribution in [3.8, 4) is 17.0 Å². The number of methoxy groups -OCH3 is 1. The summed E-state index contributed by atoms with van der Waals surface area (Å²) in [5.74, 6) is 0.335. The van der Waals surface area contributed by atoms with Gasteiger partial charge in [-0.2, -0.15) is 0 Å². The van der Waals surface area contributed by atoms with Gasteiger partial charge in [0.25, 0.3) is 5.91 Å². The van der Waals surface area contributed by atoms with Gasteiger partial charge in [0.05, 0.1) is 28.8 Å². The van der Waals surface area contributed by atoms with E-state index in [0.717, 1.165) is 28.0 Å². The molecular weight excluding hydrogens is 508 g/mol. The highest BCUT2D eigenvalue weighted by Crippen LogP contribution is 2.35. The van der Waals surface area contributed by atoms with Crippen LogP contribution in [0.3, 0.4) is 0 Å². The number of hydrogen-bond donors (Lipinski definition) is 2. The number of rotatable bonds is 7. The number of H-pyrrole nitrogens is 1. The number of imidazole rings is 1. The van der Waals surface area contributed by atoms with E-state index in [2.05, 4.69) is 15.0 Å². The molecule has 0 radical (unpaired) electrons. The molecule has 5 rings (SSSR count). The fraction of sp³-hybridized carbons (Fsp3) is 0.148. The molecule has 1 fully saturated rings. The molecular formula is C27H22N4O4S2. The number of aromatic nitrogens is 3. The Morgan fingerprint density at radius 2 is 1.95 bits per heavy atom. The van der Waals surface area contributed by atoms with Crippen LogP contribution < -0.4 is 4.74 Å². The number of amides is 1. The summed E-state index contributed by atoms with van der Waals surface area (Å²) in [7, 11) is 1.61. The van der Waals surface area contributed by atoms with Gasteiger partial charge in [-0.25, -0.2) is 14.8 Å². The first-order chi connectivity index (χ1) is 17.8. The number of carboxylic acid groups (broad SMARTS) is 1. The van der Waals surface area contributed by atoms with Crippen LogP contribution in [0.5, 0.6) is 5.75 Å². The van der Waals surface area contributed by atoms with Crippen LogP contribution in [0, 0.1) is 6.92 Å². The van der Waals surface area contributed by atoms with Crippen LogP contribution >= 0.6 is 24.0 Å². The summed E-state index contributed by atoms with van der Waals surface area (Å²) < 4.78 is 6.06. The topological polar surface area (TPSA) is 108 Å². The number of thioether (sulfide) groups is 1. The van der Waals surface area contributed by atoms with Crippen molar-refractivity contribution in [1.29, 1.82) is 0 Å². The largest absolute Gasteiger partial charge is 0.496 e. The molecule has 3 heterocycles. The molecule has 37 heavy (non-hydrogen) atoms. The highest BCUT2D eigenvalue weighted by atomic mass is 32.2. The first-order valence-electron chi connectivity index (χ1n) is 11.4. The minimum absolute atomic E-state index is 0.152. The summed E-state index contributed by atoms with van der Waals surface area (Å²) >= 11 is 6.74. The molecule has 2 N–H and O–H groups in total. The van der Waals surface area contributed by atoms with Crippen LogP contribution in [-0.2, 0) is 11.2 Å². The van der Waals surface area contributed by atoms with Crippen LogP contribution in [0.15, 0.2) is 59.5 Å². The lowest BCUT2D eigenvalue weighted by molar-refractivity contribution is -0.122. The summed E-state index contributed by atoms with van der Waals surface area (Å²) in [6.45, 7) is 2.29. The van der Waals surface area contributed by atoms with E-state index in [-0.39, 0.29) is 11.5 Å². The zero-order valence-electron chi connectivity index (χ0n) is 20.0. The average Bonchev–Trinajstić information content (AvgIpc) is 3.39. The Bertz CT molecular complexity index is 1580. The predicted molar refractivity (Wildman–Crippen MR) is 148 cm³/mol. The van der Waals surface area contributed by atoms with E-state index in [1.807, 2.05) is 43.3 Å². The Morgan fingerprint density at radius 1 is 1.16 bits per heavy atom. The normalized spacial score (nSPS) is 14.6. The fourth-order valence-electron chi connectivity index (χ4n) is 4.08. The molecule has 10 heteroatoms. The number of aromatic amines is 1. The number of ether oxygens (including phenoxy) is 1. The number of nitrogens with zero attached hydrogens (tertiary/aromatic N) is 3. The molecule has 1 aliphatic rings. The molecule has 4 aromatic rings. The Balaban J connectivity index is 1.36. The number of pyridine rings is 1. The molecule has 1 amide bonds. The van der Waals surface area contributed by atoms with E-state index >= 15 is 0 Å². The van der Waals surface area contributed by atoms with Gasteiger partial charge in [-0.05, 0) is 66.9 Å². The van der Waals surface area contributed by atoms with Gasteiger partial charge in [0.2, 0.25) is 0 Å². The maximum atomic E-state index is 13.1. The van der Waals surface area contributed by atoms with Crippen LogP contribution in [-0.4, -0.2) is 54.8 Å². The van der Waals surface area contributed by atoms with E-state index in [1.165, 1.54) is 11.8 Å². The molecule has 0 unspecified atom stereocenters. The third-order valence-electron chi connectivity index (χ3n) is 5.96. The summed E-state index contributed by atoms with van der Waals surface area (Å²) in [6.07, 6.45) is 2.38. The summed E-state index contributed by atoms with van der Waals surface area (Å²) in [5.41, 5.74) is 4.97. The molecule has 0 bridgehead atoms. The van der Waals surface area contributed by atoms with E-state index in [9.17, 15) is 9.59 Å². The van der Waals surface area contributed by atoms with Crippen molar-refractivity contribution in [2.75, 3.05) is 13.7 Å². The van der Waals surface area contributed by atoms with Gasteiger partial charge in [-0.1, -0.05) is 42.2 Å². The first-order valence-corrected chi connectivity index (χ1v) is 12.6. The molecule has 2 aromatic carbocycles. The van der Waals surface area contributed by atoms with Gasteiger partial charge in [0, 0.05) is 12.1 Å². The van der Waals surface area contributed by atoms with Crippen LogP contribution in [0.25, 0.3) is 28.5 Å². The van der Waals surface area contributed by atoms with Crippen LogP contribution in [0.1, 0.15) is 27.3 Å². The maximum Gasteiger partial charge on any atom is 0.335 e. The summed E-state index contributed by atoms with van der Waals surface area (Å²) in [5, 5.41) is 9.06. The van der Waals surface area contributed by atoms with Crippen molar-refractivity contribution in [2.24, 2.45) is 0 Å². The predicted octanol–water partition coefficient (Wildman–Crippen LogP) is 5.08. The summed E-state index contributed by atoms with van der Waals surface area (Å²) in [6, 6.07) is 16.1. The van der Waals surface area contributed by atoms with Gasteiger partial charge in [0.1, 0.15) is 15.9 Å². The number of carboxylic acids is 1. The molecule has 0 spiro atoms. The second-order valence-electron chi connectivity index (χ2n) is 8.44. The number of aromatic carboxylic acids is 1. The van der Waals surface area contributed by atoms with Crippen molar-refractivity contribution >= 4 is 57.4 Å². The highest BCUT2D eigenvalue weighted by Gasteiger charge is 2.31. The second kappa shape index (κ2) is 10.2. The van der Waals surface area contributed by atoms with Crippen molar-refractivity contribution in [3.05, 3.63) is 82.0 Å². The molecule has 0 saturated carbocycles. The molecule has 0 aliphatic carbocycles. The minimum atomic E-state index is -0.970. The standard InChI is InChI=1S/C27H22N4O4S2/c1-15-28-21-9-8-20(30-24(21)29-15)19-13-17(5-10-22(19)35-2)14-23-25(32)31(27(36)37-23)12-11-16-3-6-18(7-4-16)26(33)34/h3-10,13-14H,11-12H2,1-2H3,(H,33,34)(H,28,29,30)/b23-14-. The molecule has 8 nitrogen and oxygen atoms in total. The Labute approximate surface area is 222 Å². The minimum Gasteiger partial charge on any atom is -0.496 e. The molecule has 0 atom stereocenters. The highest BCUT2D eigenvalue weighted by molar-refractivity contribution is 8.26. The first kappa shape index (κ1) is 24.7. The number of benzene rings is 2. The summed E-state index contributed by atoms with van der Waals surface area (Å²) in [4.78, 5) is 38.6. The Morgan fingerprint density at radius 3 is 2.68 bits per heavy atom. The third-order valence-corrected chi connectivity index (χ3v) is 7.34. The van der Waals surface area contributed by atoms with Crippen LogP contribution in [0.4, 0.5) is 0 Å². The second-order valence-corrected chi connectivity index (χ2v) is 10.1. The lowest BCUT2D eigenvalue weighted by atomic mass is 10.1. The number of aryl methyl sites for hydroxylation is 1. The van der Waals surface area contributed by atoms with E-state index in [0.29, 0.717) is 39.3 Å². The smallest absolute Gasteiger partial charge is 0.335 e. The van der Waals surface area contributed by atoms with Gasteiger partial charge >= 0.3 is 5.97 Å². The van der Waals surface area contributed by atoms with E-state index in [1.54, 1.807) is 36.3 Å². The van der Waals surface area contributed by atoms with Gasteiger partial charge in [-0.15, -0.1) is 0 Å². The quantitative estimate of drug-likeness (QED) is 0.251. The lowest BCUT2D eigenvalue weighted by Crippen LogP contribution is -2.30. The fourth-order valence-corrected chi connectivity index (χ4v) is 5.39. The Hall–Kier alpha value is -4.02. The number of carbonyl (C=O) groups is 2. The van der Waals surface area contributed by atoms with Crippen molar-refractivity contribution < 1.29 is 19.4 Å². The van der Waals surface area contributed by atoms with E-state index < -0.39 is 5.97 Å². The number of nitrogens with one attached hydrogen (secondary N) is 1. The zero-order valence-corrected chi connectivity index (χ0v) is 21.7. The molecule has 2 aromatic heterocycles. The van der Waals surface area contributed by atoms with Gasteiger partial charge < -0.3 is 14.8 Å². The molecule has 1 saturated heterocycles. The Kier molecular flexibility index (Phi) is 6.77. The van der Waals surface area contributed by atoms with Crippen LogP contribution in [0.2, 0.25) is 0 Å².